The van der Waals surface area contributed by atoms with E-state index in [0.717, 1.165) is 12.0 Å². The number of ether oxygens (including phenoxy) is 2. The Morgan fingerprint density at radius 2 is 2.19 bits per heavy atom. The van der Waals surface area contributed by atoms with Crippen LogP contribution in [0.3, 0.4) is 0 Å². The Hall–Kier alpha value is -2.77. The van der Waals surface area contributed by atoms with E-state index in [2.05, 4.69) is 15.5 Å². The Morgan fingerprint density at radius 3 is 3.08 bits per heavy atom. The average molecular weight is 352 g/mol. The average Bonchev–Trinajstić information content (AvgIpc) is 3.16. The Labute approximate surface area is 151 Å². The quantitative estimate of drug-likeness (QED) is 0.758. The molecule has 1 aliphatic heterocycles. The Kier molecular flexibility index (Phi) is 4.90. The van der Waals surface area contributed by atoms with Crippen LogP contribution in [-0.2, 0) is 16.1 Å². The highest BCUT2D eigenvalue weighted by molar-refractivity contribution is 5.95. The van der Waals surface area contributed by atoms with E-state index in [0.29, 0.717) is 31.0 Å². The zero-order valence-electron chi connectivity index (χ0n) is 14.2. The summed E-state index contributed by atoms with van der Waals surface area (Å²) in [4.78, 5) is 12.6. The smallest absolute Gasteiger partial charge is 0.251 e. The molecule has 3 aromatic rings. The van der Waals surface area contributed by atoms with Gasteiger partial charge in [0.1, 0.15) is 6.33 Å². The number of nitrogens with one attached hydrogen (secondary N) is 1. The molecule has 1 aliphatic rings. The lowest BCUT2D eigenvalue weighted by Gasteiger charge is -2.32. The molecule has 26 heavy (non-hydrogen) atoms. The third-order valence-electron chi connectivity index (χ3n) is 4.48. The van der Waals surface area contributed by atoms with Crippen LogP contribution in [0.5, 0.6) is 0 Å². The van der Waals surface area contributed by atoms with Gasteiger partial charge in [0.2, 0.25) is 0 Å². The molecule has 1 amide bonds. The summed E-state index contributed by atoms with van der Waals surface area (Å²) in [6.07, 6.45) is 4.04. The minimum atomic E-state index is -0.186. The monoisotopic (exact) mass is 352 g/mol. The van der Waals surface area contributed by atoms with Gasteiger partial charge in [0.15, 0.2) is 5.65 Å². The molecule has 3 heterocycles. The highest BCUT2D eigenvalue weighted by Gasteiger charge is 2.28. The summed E-state index contributed by atoms with van der Waals surface area (Å²) in [5.74, 6) is -0.167. The van der Waals surface area contributed by atoms with Crippen LogP contribution in [0.25, 0.3) is 5.65 Å². The molecule has 134 valence electrons. The van der Waals surface area contributed by atoms with Gasteiger partial charge in [0, 0.05) is 18.4 Å². The van der Waals surface area contributed by atoms with Crippen molar-refractivity contribution in [1.29, 1.82) is 0 Å². The predicted molar refractivity (Wildman–Crippen MR) is 94.7 cm³/mol. The molecule has 2 atom stereocenters. The number of benzene rings is 1. The first-order chi connectivity index (χ1) is 12.8. The van der Waals surface area contributed by atoms with Crippen LogP contribution in [0, 0.1) is 0 Å². The van der Waals surface area contributed by atoms with E-state index in [1.807, 2.05) is 30.3 Å². The van der Waals surface area contributed by atoms with Crippen LogP contribution in [-0.4, -0.2) is 45.9 Å². The molecule has 1 N–H and O–H groups in total. The second-order valence-corrected chi connectivity index (χ2v) is 6.29. The largest absolute Gasteiger partial charge is 0.379 e. The molecule has 7 nitrogen and oxygen atoms in total. The van der Waals surface area contributed by atoms with E-state index in [9.17, 15) is 4.79 Å². The number of aromatic nitrogens is 3. The van der Waals surface area contributed by atoms with E-state index in [4.69, 9.17) is 9.47 Å². The Bertz CT molecular complexity index is 881. The second kappa shape index (κ2) is 7.63. The summed E-state index contributed by atoms with van der Waals surface area (Å²) in [6, 6.07) is 13.3. The molecule has 7 heteroatoms. The Morgan fingerprint density at radius 1 is 1.31 bits per heavy atom. The number of hydrogen-bond donors (Lipinski definition) is 1. The molecular weight excluding hydrogens is 332 g/mol. The summed E-state index contributed by atoms with van der Waals surface area (Å²) < 4.78 is 13.3. The van der Waals surface area contributed by atoms with Gasteiger partial charge in [0.25, 0.3) is 5.91 Å². The van der Waals surface area contributed by atoms with Gasteiger partial charge in [0.05, 0.1) is 25.4 Å². The molecular formula is C19H20N4O3. The van der Waals surface area contributed by atoms with Crippen molar-refractivity contribution in [2.24, 2.45) is 0 Å². The molecule has 1 fully saturated rings. The summed E-state index contributed by atoms with van der Waals surface area (Å²) in [5, 5.41) is 10.8. The van der Waals surface area contributed by atoms with Crippen molar-refractivity contribution in [3.05, 3.63) is 66.1 Å². The van der Waals surface area contributed by atoms with Crippen LogP contribution < -0.4 is 5.32 Å². The maximum absolute atomic E-state index is 12.6. The van der Waals surface area contributed by atoms with Crippen molar-refractivity contribution >= 4 is 11.6 Å². The summed E-state index contributed by atoms with van der Waals surface area (Å²) >= 11 is 0. The first-order valence-corrected chi connectivity index (χ1v) is 8.63. The molecule has 0 unspecified atom stereocenters. The highest BCUT2D eigenvalue weighted by Crippen LogP contribution is 2.15. The van der Waals surface area contributed by atoms with Gasteiger partial charge in [-0.2, -0.15) is 0 Å². The van der Waals surface area contributed by atoms with E-state index in [-0.39, 0.29) is 18.1 Å². The first kappa shape index (κ1) is 16.7. The Balaban J connectivity index is 1.41. The van der Waals surface area contributed by atoms with E-state index in [1.54, 1.807) is 29.1 Å². The van der Waals surface area contributed by atoms with Gasteiger partial charge < -0.3 is 14.8 Å². The molecule has 0 bridgehead atoms. The van der Waals surface area contributed by atoms with Crippen LogP contribution in [0.2, 0.25) is 0 Å². The topological polar surface area (TPSA) is 77.8 Å². The number of pyridine rings is 1. The van der Waals surface area contributed by atoms with Crippen LogP contribution in [0.1, 0.15) is 22.3 Å². The summed E-state index contributed by atoms with van der Waals surface area (Å²) in [7, 11) is 0. The molecule has 0 saturated carbocycles. The number of nitrogens with zero attached hydrogens (tertiary/aromatic N) is 3. The molecule has 2 aromatic heterocycles. The van der Waals surface area contributed by atoms with Gasteiger partial charge in [-0.3, -0.25) is 9.20 Å². The lowest BCUT2D eigenvalue weighted by atomic mass is 10.1. The number of hydrogen-bond acceptors (Lipinski definition) is 5. The molecule has 4 rings (SSSR count). The van der Waals surface area contributed by atoms with Gasteiger partial charge in [-0.1, -0.05) is 30.3 Å². The van der Waals surface area contributed by atoms with Gasteiger partial charge in [-0.25, -0.2) is 0 Å². The maximum Gasteiger partial charge on any atom is 0.251 e. The van der Waals surface area contributed by atoms with Crippen molar-refractivity contribution in [3.8, 4) is 0 Å². The number of amides is 1. The number of rotatable bonds is 5. The molecule has 0 aliphatic carbocycles. The minimum Gasteiger partial charge on any atom is -0.379 e. The van der Waals surface area contributed by atoms with Gasteiger partial charge in [-0.05, 0) is 24.1 Å². The van der Waals surface area contributed by atoms with E-state index >= 15 is 0 Å². The van der Waals surface area contributed by atoms with Crippen molar-refractivity contribution in [2.75, 3.05) is 13.2 Å². The molecule has 1 saturated heterocycles. The number of fused-ring (bicyclic) bond motifs is 1. The fourth-order valence-electron chi connectivity index (χ4n) is 3.04. The van der Waals surface area contributed by atoms with Gasteiger partial charge in [-0.15, -0.1) is 10.2 Å². The molecule has 0 spiro atoms. The third-order valence-corrected chi connectivity index (χ3v) is 4.48. The van der Waals surface area contributed by atoms with E-state index in [1.165, 1.54) is 0 Å². The first-order valence-electron chi connectivity index (χ1n) is 8.63. The SMILES string of the molecule is O=C(N[C@@H]1COCC[C@@H]1OCc1ccccc1)c1ccn2cnnc2c1. The van der Waals surface area contributed by atoms with Crippen LogP contribution >= 0.6 is 0 Å². The summed E-state index contributed by atoms with van der Waals surface area (Å²) in [6.45, 7) is 1.60. The zero-order valence-corrected chi connectivity index (χ0v) is 14.2. The van der Waals surface area contributed by atoms with Gasteiger partial charge >= 0.3 is 0 Å². The highest BCUT2D eigenvalue weighted by atomic mass is 16.5. The number of carbonyl (C=O) groups is 1. The van der Waals surface area contributed by atoms with Crippen molar-refractivity contribution in [3.63, 3.8) is 0 Å². The zero-order chi connectivity index (χ0) is 17.8. The fourth-order valence-corrected chi connectivity index (χ4v) is 3.04. The predicted octanol–water partition coefficient (Wildman–Crippen LogP) is 1.83. The maximum atomic E-state index is 12.6. The molecule has 1 aromatic carbocycles. The minimum absolute atomic E-state index is 0.0790. The van der Waals surface area contributed by atoms with Crippen molar-refractivity contribution in [2.45, 2.75) is 25.2 Å². The fraction of sp³-hybridized carbons (Fsp3) is 0.316. The number of carbonyl (C=O) groups excluding carboxylic acids is 1. The third kappa shape index (κ3) is 3.74. The normalized spacial score (nSPS) is 20.2. The summed E-state index contributed by atoms with van der Waals surface area (Å²) in [5.41, 5.74) is 2.29. The van der Waals surface area contributed by atoms with Crippen molar-refractivity contribution in [1.82, 2.24) is 19.9 Å². The second-order valence-electron chi connectivity index (χ2n) is 6.29. The van der Waals surface area contributed by atoms with Crippen LogP contribution in [0.15, 0.2) is 55.0 Å². The van der Waals surface area contributed by atoms with Crippen molar-refractivity contribution < 1.29 is 14.3 Å². The molecule has 0 radical (unpaired) electrons. The van der Waals surface area contributed by atoms with Crippen LogP contribution in [0.4, 0.5) is 0 Å². The standard InChI is InChI=1S/C19H20N4O3/c24-19(15-6-8-23-13-20-22-18(23)10-15)21-16-12-25-9-7-17(16)26-11-14-4-2-1-3-5-14/h1-6,8,10,13,16-17H,7,9,11-12H2,(H,21,24)/t16-,17+/m1/s1. The van der Waals surface area contributed by atoms with E-state index < -0.39 is 0 Å². The lowest BCUT2D eigenvalue weighted by molar-refractivity contribution is -0.0605. The lowest BCUT2D eigenvalue weighted by Crippen LogP contribution is -2.50.